The zero-order valence-electron chi connectivity index (χ0n) is 12.3. The molecule has 3 rings (SSSR count). The lowest BCUT2D eigenvalue weighted by atomic mass is 9.98. The summed E-state index contributed by atoms with van der Waals surface area (Å²) in [5, 5.41) is 3.63. The van der Waals surface area contributed by atoms with E-state index in [9.17, 15) is 4.79 Å². The topological polar surface area (TPSA) is 58.4 Å². The Morgan fingerprint density at radius 1 is 1.43 bits per heavy atom. The van der Waals surface area contributed by atoms with E-state index in [-0.39, 0.29) is 5.91 Å². The SMILES string of the molecule is Cc1c(Cl)cccc1NC(=O)CN1CC2CCC(N)C2C1. The fraction of sp³-hybridized carbons (Fsp3) is 0.562. The Bertz CT molecular complexity index is 548. The van der Waals surface area contributed by atoms with E-state index in [0.717, 1.165) is 30.8 Å². The van der Waals surface area contributed by atoms with Crippen LogP contribution in [0.15, 0.2) is 18.2 Å². The normalized spacial score (nSPS) is 28.6. The molecule has 114 valence electrons. The number of nitrogens with two attached hydrogens (primary N) is 1. The summed E-state index contributed by atoms with van der Waals surface area (Å²) < 4.78 is 0. The minimum absolute atomic E-state index is 0.0221. The van der Waals surface area contributed by atoms with E-state index in [4.69, 9.17) is 17.3 Å². The van der Waals surface area contributed by atoms with Gasteiger partial charge in [0.15, 0.2) is 0 Å². The number of hydrogen-bond donors (Lipinski definition) is 2. The maximum absolute atomic E-state index is 12.2. The van der Waals surface area contributed by atoms with Crippen LogP contribution in [0.2, 0.25) is 5.02 Å². The van der Waals surface area contributed by atoms with Gasteiger partial charge in [-0.3, -0.25) is 9.69 Å². The number of nitrogens with zero attached hydrogens (tertiary/aromatic N) is 1. The summed E-state index contributed by atoms with van der Waals surface area (Å²) in [6, 6.07) is 5.88. The molecule has 1 aliphatic carbocycles. The van der Waals surface area contributed by atoms with E-state index in [0.29, 0.717) is 29.4 Å². The molecule has 4 nitrogen and oxygen atoms in total. The summed E-state index contributed by atoms with van der Waals surface area (Å²) >= 11 is 6.07. The molecule has 5 heteroatoms. The second-order valence-electron chi connectivity index (χ2n) is 6.32. The predicted molar refractivity (Wildman–Crippen MR) is 85.4 cm³/mol. The van der Waals surface area contributed by atoms with Crippen LogP contribution < -0.4 is 11.1 Å². The summed E-state index contributed by atoms with van der Waals surface area (Å²) in [7, 11) is 0. The highest BCUT2D eigenvalue weighted by Gasteiger charge is 2.41. The quantitative estimate of drug-likeness (QED) is 0.900. The van der Waals surface area contributed by atoms with E-state index in [1.54, 1.807) is 0 Å². The first kappa shape index (κ1) is 14.8. The third kappa shape index (κ3) is 3.07. The summed E-state index contributed by atoms with van der Waals surface area (Å²) in [5.41, 5.74) is 7.84. The van der Waals surface area contributed by atoms with E-state index in [1.165, 1.54) is 6.42 Å². The van der Waals surface area contributed by atoms with E-state index in [1.807, 2.05) is 25.1 Å². The van der Waals surface area contributed by atoms with Gasteiger partial charge in [0.05, 0.1) is 6.54 Å². The molecule has 1 amide bonds. The minimum atomic E-state index is 0.0221. The molecule has 1 aromatic carbocycles. The molecule has 1 aliphatic heterocycles. The molecule has 0 radical (unpaired) electrons. The first-order chi connectivity index (χ1) is 10.0. The van der Waals surface area contributed by atoms with Gasteiger partial charge in [0, 0.05) is 29.8 Å². The number of carbonyl (C=O) groups excluding carboxylic acids is 1. The Balaban J connectivity index is 1.57. The molecule has 1 saturated carbocycles. The van der Waals surface area contributed by atoms with Gasteiger partial charge in [0.1, 0.15) is 0 Å². The van der Waals surface area contributed by atoms with E-state index in [2.05, 4.69) is 10.2 Å². The number of carbonyl (C=O) groups is 1. The second kappa shape index (κ2) is 5.95. The van der Waals surface area contributed by atoms with Crippen LogP contribution in [0.4, 0.5) is 5.69 Å². The van der Waals surface area contributed by atoms with Gasteiger partial charge in [-0.15, -0.1) is 0 Å². The van der Waals surface area contributed by atoms with Crippen LogP contribution in [0.3, 0.4) is 0 Å². The number of fused-ring (bicyclic) bond motifs is 1. The smallest absolute Gasteiger partial charge is 0.238 e. The molecule has 2 fully saturated rings. The molecule has 3 N–H and O–H groups in total. The molecule has 1 saturated heterocycles. The number of nitrogens with one attached hydrogen (secondary N) is 1. The average molecular weight is 308 g/mol. The van der Waals surface area contributed by atoms with Crippen molar-refractivity contribution in [3.05, 3.63) is 28.8 Å². The third-order valence-corrected chi connectivity index (χ3v) is 5.31. The van der Waals surface area contributed by atoms with Gasteiger partial charge >= 0.3 is 0 Å². The van der Waals surface area contributed by atoms with Crippen LogP contribution in [-0.4, -0.2) is 36.5 Å². The van der Waals surface area contributed by atoms with Crippen LogP contribution in [0.25, 0.3) is 0 Å². The van der Waals surface area contributed by atoms with Gasteiger partial charge in [-0.1, -0.05) is 17.7 Å². The highest BCUT2D eigenvalue weighted by atomic mass is 35.5. The Hall–Kier alpha value is -1.10. The van der Waals surface area contributed by atoms with Gasteiger partial charge in [-0.2, -0.15) is 0 Å². The minimum Gasteiger partial charge on any atom is -0.327 e. The Kier molecular flexibility index (Phi) is 4.20. The number of amides is 1. The number of anilines is 1. The van der Waals surface area contributed by atoms with Gasteiger partial charge in [0.2, 0.25) is 5.91 Å². The number of halogens is 1. The first-order valence-electron chi connectivity index (χ1n) is 7.57. The second-order valence-corrected chi connectivity index (χ2v) is 6.73. The van der Waals surface area contributed by atoms with Crippen LogP contribution >= 0.6 is 11.6 Å². The molecule has 1 heterocycles. The van der Waals surface area contributed by atoms with Crippen molar-refractivity contribution in [2.24, 2.45) is 17.6 Å². The molecule has 2 aliphatic rings. The largest absolute Gasteiger partial charge is 0.327 e. The number of rotatable bonds is 3. The van der Waals surface area contributed by atoms with Gasteiger partial charge in [0.25, 0.3) is 0 Å². The average Bonchev–Trinajstić information content (AvgIpc) is 2.97. The standard InChI is InChI=1S/C16H22ClN3O/c1-10-13(17)3-2-4-15(10)19-16(21)9-20-7-11-5-6-14(18)12(11)8-20/h2-4,11-12,14H,5-9,18H2,1H3,(H,19,21). The zero-order chi connectivity index (χ0) is 15.0. The summed E-state index contributed by atoms with van der Waals surface area (Å²) in [5.74, 6) is 1.28. The van der Waals surface area contributed by atoms with E-state index < -0.39 is 0 Å². The zero-order valence-corrected chi connectivity index (χ0v) is 13.1. The van der Waals surface area contributed by atoms with Crippen molar-refractivity contribution in [1.82, 2.24) is 4.90 Å². The van der Waals surface area contributed by atoms with Crippen LogP contribution in [0, 0.1) is 18.8 Å². The lowest BCUT2D eigenvalue weighted by Crippen LogP contribution is -2.34. The predicted octanol–water partition coefficient (Wildman–Crippen LogP) is 2.26. The number of hydrogen-bond acceptors (Lipinski definition) is 3. The lowest BCUT2D eigenvalue weighted by Gasteiger charge is -2.18. The Morgan fingerprint density at radius 3 is 3.00 bits per heavy atom. The number of likely N-dealkylation sites (tertiary alicyclic amines) is 1. The highest BCUT2D eigenvalue weighted by molar-refractivity contribution is 6.31. The van der Waals surface area contributed by atoms with Gasteiger partial charge in [-0.25, -0.2) is 0 Å². The lowest BCUT2D eigenvalue weighted by molar-refractivity contribution is -0.117. The van der Waals surface area contributed by atoms with Crippen LogP contribution in [0.5, 0.6) is 0 Å². The van der Waals surface area contributed by atoms with Crippen molar-refractivity contribution in [2.45, 2.75) is 25.8 Å². The van der Waals surface area contributed by atoms with Crippen molar-refractivity contribution < 1.29 is 4.79 Å². The Morgan fingerprint density at radius 2 is 2.24 bits per heavy atom. The fourth-order valence-corrected chi connectivity index (χ4v) is 3.84. The third-order valence-electron chi connectivity index (χ3n) is 4.90. The molecule has 3 unspecified atom stereocenters. The molecule has 0 aromatic heterocycles. The maximum atomic E-state index is 12.2. The van der Waals surface area contributed by atoms with Crippen molar-refractivity contribution in [2.75, 3.05) is 25.0 Å². The van der Waals surface area contributed by atoms with Crippen LogP contribution in [-0.2, 0) is 4.79 Å². The molecule has 1 aromatic rings. The number of benzene rings is 1. The summed E-state index contributed by atoms with van der Waals surface area (Å²) in [4.78, 5) is 14.4. The van der Waals surface area contributed by atoms with Crippen LogP contribution in [0.1, 0.15) is 18.4 Å². The maximum Gasteiger partial charge on any atom is 0.238 e. The van der Waals surface area contributed by atoms with Crippen molar-refractivity contribution in [1.29, 1.82) is 0 Å². The molecular formula is C16H22ClN3O. The van der Waals surface area contributed by atoms with Gasteiger partial charge in [-0.05, 0) is 49.3 Å². The Labute approximate surface area is 130 Å². The van der Waals surface area contributed by atoms with E-state index >= 15 is 0 Å². The molecule has 0 bridgehead atoms. The molecule has 21 heavy (non-hydrogen) atoms. The summed E-state index contributed by atoms with van der Waals surface area (Å²) in [6.07, 6.45) is 2.34. The fourth-order valence-electron chi connectivity index (χ4n) is 3.66. The monoisotopic (exact) mass is 307 g/mol. The molecule has 3 atom stereocenters. The molecule has 0 spiro atoms. The first-order valence-corrected chi connectivity index (χ1v) is 7.95. The summed E-state index contributed by atoms with van der Waals surface area (Å²) in [6.45, 7) is 4.30. The van der Waals surface area contributed by atoms with Crippen molar-refractivity contribution in [3.8, 4) is 0 Å². The van der Waals surface area contributed by atoms with Crippen molar-refractivity contribution in [3.63, 3.8) is 0 Å². The van der Waals surface area contributed by atoms with Crippen molar-refractivity contribution >= 4 is 23.2 Å². The van der Waals surface area contributed by atoms with Gasteiger partial charge < -0.3 is 11.1 Å². The molecular weight excluding hydrogens is 286 g/mol. The highest BCUT2D eigenvalue weighted by Crippen LogP contribution is 2.36.